The Morgan fingerprint density at radius 1 is 1.39 bits per heavy atom. The van der Waals surface area contributed by atoms with Gasteiger partial charge < -0.3 is 5.32 Å². The van der Waals surface area contributed by atoms with Crippen LogP contribution in [0.3, 0.4) is 0 Å². The van der Waals surface area contributed by atoms with Crippen molar-refractivity contribution in [3.05, 3.63) is 21.9 Å². The van der Waals surface area contributed by atoms with Gasteiger partial charge in [0.05, 0.1) is 0 Å². The van der Waals surface area contributed by atoms with Crippen LogP contribution in [-0.2, 0) is 6.42 Å². The molecule has 3 heteroatoms. The normalized spacial score (nSPS) is 22.8. The fourth-order valence-electron chi connectivity index (χ4n) is 2.75. The van der Waals surface area contributed by atoms with Gasteiger partial charge in [-0.1, -0.05) is 0 Å². The Kier molecular flexibility index (Phi) is 4.82. The van der Waals surface area contributed by atoms with Crippen LogP contribution in [0.4, 0.5) is 0 Å². The average Bonchev–Trinajstić information content (AvgIpc) is 2.88. The van der Waals surface area contributed by atoms with E-state index < -0.39 is 0 Å². The first-order chi connectivity index (χ1) is 8.54. The van der Waals surface area contributed by atoms with Gasteiger partial charge in [-0.05, 0) is 59.2 Å². The predicted octanol–water partition coefficient (Wildman–Crippen LogP) is 3.06. The fraction of sp³-hybridized carbons (Fsp3) is 0.733. The van der Waals surface area contributed by atoms with Crippen molar-refractivity contribution < 1.29 is 0 Å². The van der Waals surface area contributed by atoms with Crippen LogP contribution in [-0.4, -0.2) is 36.1 Å². The highest BCUT2D eigenvalue weighted by molar-refractivity contribution is 7.11. The predicted molar refractivity (Wildman–Crippen MR) is 80.5 cm³/mol. The number of likely N-dealkylation sites (tertiary alicyclic amines) is 1. The van der Waals surface area contributed by atoms with Gasteiger partial charge >= 0.3 is 0 Å². The lowest BCUT2D eigenvalue weighted by atomic mass is 10.1. The maximum Gasteiger partial charge on any atom is 0.0209 e. The first-order valence-electron chi connectivity index (χ1n) is 7.10. The largest absolute Gasteiger partial charge is 0.310 e. The van der Waals surface area contributed by atoms with Crippen molar-refractivity contribution in [2.24, 2.45) is 0 Å². The maximum absolute atomic E-state index is 3.79. The Morgan fingerprint density at radius 3 is 2.72 bits per heavy atom. The van der Waals surface area contributed by atoms with Gasteiger partial charge in [-0.25, -0.2) is 0 Å². The molecule has 1 aromatic rings. The first-order valence-corrected chi connectivity index (χ1v) is 7.91. The van der Waals surface area contributed by atoms with Crippen molar-refractivity contribution in [2.45, 2.75) is 58.7 Å². The molecule has 102 valence electrons. The number of thiophene rings is 1. The van der Waals surface area contributed by atoms with Gasteiger partial charge in [-0.2, -0.15) is 0 Å². The highest BCUT2D eigenvalue weighted by Gasteiger charge is 2.24. The zero-order valence-corrected chi connectivity index (χ0v) is 12.9. The van der Waals surface area contributed by atoms with E-state index in [1.54, 1.807) is 0 Å². The Labute approximate surface area is 115 Å². The van der Waals surface area contributed by atoms with E-state index in [1.807, 2.05) is 11.3 Å². The lowest BCUT2D eigenvalue weighted by molar-refractivity contribution is 0.266. The van der Waals surface area contributed by atoms with E-state index in [4.69, 9.17) is 0 Å². The minimum absolute atomic E-state index is 0.583. The summed E-state index contributed by atoms with van der Waals surface area (Å²) < 4.78 is 0. The standard InChI is InChI=1S/C15H26N2S/c1-11(2)17-8-7-14(10-17)16-12(3)9-15-6-5-13(4)18-15/h5-6,11-12,14,16H,7-10H2,1-4H3. The summed E-state index contributed by atoms with van der Waals surface area (Å²) in [6.45, 7) is 11.5. The summed E-state index contributed by atoms with van der Waals surface area (Å²) in [7, 11) is 0. The zero-order chi connectivity index (χ0) is 13.1. The molecule has 1 saturated heterocycles. The molecule has 2 rings (SSSR count). The van der Waals surface area contributed by atoms with E-state index in [1.165, 1.54) is 29.3 Å². The second-order valence-electron chi connectivity index (χ2n) is 5.86. The average molecular weight is 266 g/mol. The molecule has 2 atom stereocenters. The summed E-state index contributed by atoms with van der Waals surface area (Å²) in [5.41, 5.74) is 0. The van der Waals surface area contributed by atoms with Crippen LogP contribution in [0.1, 0.15) is 36.9 Å². The Morgan fingerprint density at radius 2 is 2.17 bits per heavy atom. The van der Waals surface area contributed by atoms with E-state index in [-0.39, 0.29) is 0 Å². The summed E-state index contributed by atoms with van der Waals surface area (Å²) in [5, 5.41) is 3.79. The molecule has 1 aliphatic rings. The van der Waals surface area contributed by atoms with Crippen LogP contribution in [0, 0.1) is 6.92 Å². The molecule has 2 heterocycles. The quantitative estimate of drug-likeness (QED) is 0.881. The second kappa shape index (κ2) is 6.18. The van der Waals surface area contributed by atoms with Crippen molar-refractivity contribution in [3.8, 4) is 0 Å². The molecule has 2 nitrogen and oxygen atoms in total. The third-order valence-electron chi connectivity index (χ3n) is 3.77. The second-order valence-corrected chi connectivity index (χ2v) is 7.23. The lowest BCUT2D eigenvalue weighted by Crippen LogP contribution is -2.40. The molecule has 0 amide bonds. The molecule has 1 aromatic heterocycles. The van der Waals surface area contributed by atoms with Crippen LogP contribution >= 0.6 is 11.3 Å². The molecule has 0 aliphatic carbocycles. The minimum Gasteiger partial charge on any atom is -0.310 e. The molecule has 18 heavy (non-hydrogen) atoms. The van der Waals surface area contributed by atoms with Gasteiger partial charge in [-0.15, -0.1) is 11.3 Å². The first kappa shape index (κ1) is 14.0. The number of nitrogens with zero attached hydrogens (tertiary/aromatic N) is 1. The van der Waals surface area contributed by atoms with E-state index >= 15 is 0 Å². The lowest BCUT2D eigenvalue weighted by Gasteiger charge is -2.22. The van der Waals surface area contributed by atoms with Crippen molar-refractivity contribution in [3.63, 3.8) is 0 Å². The number of aryl methyl sites for hydroxylation is 1. The highest BCUT2D eigenvalue weighted by atomic mass is 32.1. The zero-order valence-electron chi connectivity index (χ0n) is 12.1. The van der Waals surface area contributed by atoms with E-state index in [0.29, 0.717) is 18.1 Å². The van der Waals surface area contributed by atoms with Gasteiger partial charge in [0, 0.05) is 34.4 Å². The Hall–Kier alpha value is -0.380. The maximum atomic E-state index is 3.79. The van der Waals surface area contributed by atoms with Gasteiger partial charge in [0.15, 0.2) is 0 Å². The van der Waals surface area contributed by atoms with Gasteiger partial charge in [0.1, 0.15) is 0 Å². The number of hydrogen-bond donors (Lipinski definition) is 1. The topological polar surface area (TPSA) is 15.3 Å². The molecule has 2 unspecified atom stereocenters. The number of rotatable bonds is 5. The monoisotopic (exact) mass is 266 g/mol. The Bertz CT molecular complexity index is 372. The van der Waals surface area contributed by atoms with E-state index in [2.05, 4.69) is 50.0 Å². The SMILES string of the molecule is Cc1ccc(CC(C)NC2CCN(C(C)C)C2)s1. The molecule has 1 N–H and O–H groups in total. The summed E-state index contributed by atoms with van der Waals surface area (Å²) in [5.74, 6) is 0. The molecular weight excluding hydrogens is 240 g/mol. The molecule has 0 bridgehead atoms. The van der Waals surface area contributed by atoms with Gasteiger partial charge in [0.2, 0.25) is 0 Å². The van der Waals surface area contributed by atoms with Crippen molar-refractivity contribution in [1.29, 1.82) is 0 Å². The molecule has 1 aliphatic heterocycles. The minimum atomic E-state index is 0.583. The van der Waals surface area contributed by atoms with Crippen LogP contribution in [0.15, 0.2) is 12.1 Å². The summed E-state index contributed by atoms with van der Waals surface area (Å²) in [4.78, 5) is 5.50. The third-order valence-corrected chi connectivity index (χ3v) is 4.80. The van der Waals surface area contributed by atoms with Crippen molar-refractivity contribution in [2.75, 3.05) is 13.1 Å². The third kappa shape index (κ3) is 3.81. The Balaban J connectivity index is 1.76. The van der Waals surface area contributed by atoms with Crippen molar-refractivity contribution >= 4 is 11.3 Å². The van der Waals surface area contributed by atoms with Gasteiger partial charge in [0.25, 0.3) is 0 Å². The molecule has 0 spiro atoms. The fourth-order valence-corrected chi connectivity index (χ4v) is 3.77. The molecular formula is C15H26N2S. The number of nitrogens with one attached hydrogen (secondary N) is 1. The van der Waals surface area contributed by atoms with E-state index in [9.17, 15) is 0 Å². The van der Waals surface area contributed by atoms with Gasteiger partial charge in [-0.3, -0.25) is 4.90 Å². The summed E-state index contributed by atoms with van der Waals surface area (Å²) in [6.07, 6.45) is 2.46. The molecule has 0 saturated carbocycles. The van der Waals surface area contributed by atoms with Crippen molar-refractivity contribution in [1.82, 2.24) is 10.2 Å². The number of hydrogen-bond acceptors (Lipinski definition) is 3. The summed E-state index contributed by atoms with van der Waals surface area (Å²) in [6, 6.07) is 6.45. The molecule has 1 fully saturated rings. The molecule has 0 radical (unpaired) electrons. The van der Waals surface area contributed by atoms with Crippen LogP contribution < -0.4 is 5.32 Å². The highest BCUT2D eigenvalue weighted by Crippen LogP contribution is 2.18. The van der Waals surface area contributed by atoms with Crippen LogP contribution in [0.5, 0.6) is 0 Å². The molecule has 0 aromatic carbocycles. The summed E-state index contributed by atoms with van der Waals surface area (Å²) >= 11 is 1.93. The van der Waals surface area contributed by atoms with Crippen LogP contribution in [0.25, 0.3) is 0 Å². The smallest absolute Gasteiger partial charge is 0.0209 e. The van der Waals surface area contributed by atoms with Crippen LogP contribution in [0.2, 0.25) is 0 Å². The van der Waals surface area contributed by atoms with E-state index in [0.717, 1.165) is 6.42 Å².